The average Bonchev–Trinajstić information content (AvgIpc) is 2.68. The van der Waals surface area contributed by atoms with Crippen molar-refractivity contribution in [2.75, 3.05) is 19.5 Å². The van der Waals surface area contributed by atoms with Crippen LogP contribution in [0.1, 0.15) is 12.5 Å². The van der Waals surface area contributed by atoms with Gasteiger partial charge in [-0.15, -0.1) is 0 Å². The molecule has 0 aliphatic rings. The number of benzene rings is 2. The minimum atomic E-state index is -4.02. The summed E-state index contributed by atoms with van der Waals surface area (Å²) in [7, 11) is -1.33. The van der Waals surface area contributed by atoms with Gasteiger partial charge in [0.05, 0.1) is 19.1 Å². The molecule has 0 bridgehead atoms. The summed E-state index contributed by atoms with van der Waals surface area (Å²) in [5.41, 5.74) is 1.60. The number of aryl methyl sites for hydroxylation is 1. The molecule has 0 unspecified atom stereocenters. The molecule has 6 nitrogen and oxygen atoms in total. The summed E-state index contributed by atoms with van der Waals surface area (Å²) in [5, 5.41) is 2.81. The zero-order chi connectivity index (χ0) is 19.2. The van der Waals surface area contributed by atoms with Gasteiger partial charge in [-0.05, 0) is 48.4 Å². The Morgan fingerprint density at radius 2 is 1.65 bits per heavy atom. The molecular weight excluding hydrogens is 354 g/mol. The summed E-state index contributed by atoms with van der Waals surface area (Å²) in [5.74, 6) is -0.276. The first kappa shape index (κ1) is 19.5. The van der Waals surface area contributed by atoms with Gasteiger partial charge in [0.1, 0.15) is 5.75 Å². The highest BCUT2D eigenvalue weighted by Gasteiger charge is 2.28. The summed E-state index contributed by atoms with van der Waals surface area (Å²) < 4.78 is 35.4. The molecule has 0 amide bonds. The second-order valence-corrected chi connectivity index (χ2v) is 7.29. The van der Waals surface area contributed by atoms with E-state index in [0.29, 0.717) is 11.4 Å². The van der Waals surface area contributed by atoms with Crippen molar-refractivity contribution in [2.45, 2.75) is 18.2 Å². The number of nitrogens with one attached hydrogen (secondary N) is 1. The average molecular weight is 375 g/mol. The molecule has 1 N–H and O–H groups in total. The lowest BCUT2D eigenvalue weighted by atomic mass is 10.2. The minimum absolute atomic E-state index is 0.0304. The van der Waals surface area contributed by atoms with Crippen molar-refractivity contribution in [3.8, 4) is 5.75 Å². The lowest BCUT2D eigenvalue weighted by Crippen LogP contribution is -2.17. The van der Waals surface area contributed by atoms with E-state index in [0.717, 1.165) is 25.3 Å². The van der Waals surface area contributed by atoms with Gasteiger partial charge in [0.25, 0.3) is 0 Å². The fourth-order valence-corrected chi connectivity index (χ4v) is 3.48. The second-order valence-electron chi connectivity index (χ2n) is 5.37. The molecule has 0 fully saturated rings. The maximum atomic E-state index is 12.8. The van der Waals surface area contributed by atoms with Gasteiger partial charge in [0, 0.05) is 11.9 Å². The summed E-state index contributed by atoms with van der Waals surface area (Å²) in [6.45, 7) is 1.97. The Bertz CT molecular complexity index is 885. The first-order chi connectivity index (χ1) is 12.4. The highest BCUT2D eigenvalue weighted by atomic mass is 32.2. The van der Waals surface area contributed by atoms with Gasteiger partial charge in [-0.3, -0.25) is 0 Å². The summed E-state index contributed by atoms with van der Waals surface area (Å²) in [4.78, 5) is 11.6. The molecular formula is C19H21NO5S. The zero-order valence-corrected chi connectivity index (χ0v) is 15.7. The SMILES string of the molecule is CCc1ccc(S(=O)(=O)C(=CNc2ccc(OC)cc2)C(=O)OC)cc1. The molecule has 2 rings (SSSR count). The van der Waals surface area contributed by atoms with E-state index in [1.54, 1.807) is 43.5 Å². The van der Waals surface area contributed by atoms with Crippen LogP contribution in [0.4, 0.5) is 5.69 Å². The molecule has 138 valence electrons. The number of esters is 1. The van der Waals surface area contributed by atoms with Crippen molar-refractivity contribution in [1.82, 2.24) is 0 Å². The van der Waals surface area contributed by atoms with E-state index < -0.39 is 20.7 Å². The molecule has 0 atom stereocenters. The number of anilines is 1. The molecule has 0 aromatic heterocycles. The van der Waals surface area contributed by atoms with Crippen molar-refractivity contribution in [2.24, 2.45) is 0 Å². The van der Waals surface area contributed by atoms with E-state index >= 15 is 0 Å². The predicted molar refractivity (Wildman–Crippen MR) is 99.7 cm³/mol. The summed E-state index contributed by atoms with van der Waals surface area (Å²) in [6.07, 6.45) is 1.93. The lowest BCUT2D eigenvalue weighted by molar-refractivity contribution is -0.135. The Hall–Kier alpha value is -2.80. The molecule has 2 aromatic rings. The van der Waals surface area contributed by atoms with Gasteiger partial charge in [0.15, 0.2) is 4.91 Å². The smallest absolute Gasteiger partial charge is 0.351 e. The van der Waals surface area contributed by atoms with Gasteiger partial charge < -0.3 is 14.8 Å². The molecule has 0 saturated heterocycles. The minimum Gasteiger partial charge on any atom is -0.497 e. The highest BCUT2D eigenvalue weighted by molar-refractivity contribution is 7.96. The first-order valence-electron chi connectivity index (χ1n) is 7.95. The molecule has 0 heterocycles. The quantitative estimate of drug-likeness (QED) is 0.591. The topological polar surface area (TPSA) is 81.7 Å². The van der Waals surface area contributed by atoms with Crippen molar-refractivity contribution < 1.29 is 22.7 Å². The van der Waals surface area contributed by atoms with Crippen molar-refractivity contribution in [1.29, 1.82) is 0 Å². The van der Waals surface area contributed by atoms with Gasteiger partial charge in [-0.25, -0.2) is 13.2 Å². The molecule has 0 spiro atoms. The molecule has 0 radical (unpaired) electrons. The lowest BCUT2D eigenvalue weighted by Gasteiger charge is -2.09. The second kappa shape index (κ2) is 8.53. The van der Waals surface area contributed by atoms with Gasteiger partial charge >= 0.3 is 5.97 Å². The number of sulfone groups is 1. The Morgan fingerprint density at radius 3 is 2.15 bits per heavy atom. The normalized spacial score (nSPS) is 11.7. The van der Waals surface area contributed by atoms with Crippen molar-refractivity contribution >= 4 is 21.5 Å². The number of carbonyl (C=O) groups is 1. The molecule has 2 aromatic carbocycles. The third kappa shape index (κ3) is 4.43. The summed E-state index contributed by atoms with van der Waals surface area (Å²) in [6, 6.07) is 13.2. The monoisotopic (exact) mass is 375 g/mol. The number of carbonyl (C=O) groups excluding carboxylic acids is 1. The fourth-order valence-electron chi connectivity index (χ4n) is 2.21. The van der Waals surface area contributed by atoms with Crippen LogP contribution in [-0.2, 0) is 25.8 Å². The first-order valence-corrected chi connectivity index (χ1v) is 9.43. The van der Waals surface area contributed by atoms with Gasteiger partial charge in [-0.2, -0.15) is 0 Å². The molecule has 0 aliphatic heterocycles. The van der Waals surface area contributed by atoms with Crippen LogP contribution < -0.4 is 10.1 Å². The van der Waals surface area contributed by atoms with Crippen LogP contribution in [0, 0.1) is 0 Å². The zero-order valence-electron chi connectivity index (χ0n) is 14.9. The van der Waals surface area contributed by atoms with Crippen LogP contribution in [0.15, 0.2) is 64.5 Å². The third-order valence-electron chi connectivity index (χ3n) is 3.78. The number of hydrogen-bond donors (Lipinski definition) is 1. The Kier molecular flexibility index (Phi) is 6.41. The Labute approximate surface area is 153 Å². The number of hydrogen-bond acceptors (Lipinski definition) is 6. The van der Waals surface area contributed by atoms with E-state index in [9.17, 15) is 13.2 Å². The molecule has 0 aliphatic carbocycles. The van der Waals surface area contributed by atoms with E-state index in [-0.39, 0.29) is 4.90 Å². The predicted octanol–water partition coefficient (Wildman–Crippen LogP) is 3.16. The number of rotatable bonds is 7. The largest absolute Gasteiger partial charge is 0.497 e. The maximum absolute atomic E-state index is 12.8. The van der Waals surface area contributed by atoms with E-state index in [1.165, 1.54) is 12.1 Å². The number of ether oxygens (including phenoxy) is 2. The van der Waals surface area contributed by atoms with E-state index in [1.807, 2.05) is 6.92 Å². The van der Waals surface area contributed by atoms with Crippen LogP contribution in [0.25, 0.3) is 0 Å². The number of methoxy groups -OCH3 is 2. The Balaban J connectivity index is 2.36. The van der Waals surface area contributed by atoms with Crippen molar-refractivity contribution in [3.05, 3.63) is 65.2 Å². The maximum Gasteiger partial charge on any atom is 0.351 e. The van der Waals surface area contributed by atoms with Gasteiger partial charge in [0.2, 0.25) is 9.84 Å². The Morgan fingerprint density at radius 1 is 1.04 bits per heavy atom. The van der Waals surface area contributed by atoms with E-state index in [4.69, 9.17) is 4.74 Å². The molecule has 7 heteroatoms. The van der Waals surface area contributed by atoms with Gasteiger partial charge in [-0.1, -0.05) is 19.1 Å². The molecule has 26 heavy (non-hydrogen) atoms. The van der Waals surface area contributed by atoms with Crippen LogP contribution in [-0.4, -0.2) is 28.6 Å². The van der Waals surface area contributed by atoms with Crippen LogP contribution in [0.3, 0.4) is 0 Å². The van der Waals surface area contributed by atoms with Crippen LogP contribution in [0.5, 0.6) is 5.75 Å². The van der Waals surface area contributed by atoms with Crippen LogP contribution in [0.2, 0.25) is 0 Å². The fraction of sp³-hybridized carbons (Fsp3) is 0.211. The van der Waals surface area contributed by atoms with Crippen LogP contribution >= 0.6 is 0 Å². The molecule has 0 saturated carbocycles. The summed E-state index contributed by atoms with van der Waals surface area (Å²) >= 11 is 0. The van der Waals surface area contributed by atoms with Crippen molar-refractivity contribution in [3.63, 3.8) is 0 Å². The van der Waals surface area contributed by atoms with E-state index in [2.05, 4.69) is 10.1 Å². The third-order valence-corrected chi connectivity index (χ3v) is 5.53. The standard InChI is InChI=1S/C19H21NO5S/c1-4-14-5-11-17(12-6-14)26(22,23)18(19(21)25-3)13-20-15-7-9-16(24-2)10-8-15/h5-13,20H,4H2,1-3H3. The highest BCUT2D eigenvalue weighted by Crippen LogP contribution is 2.22.